The number of aryl methyl sites for hydroxylation is 1. The van der Waals surface area contributed by atoms with E-state index in [1.807, 2.05) is 24.5 Å². The summed E-state index contributed by atoms with van der Waals surface area (Å²) in [5, 5.41) is 17.7. The number of rotatable bonds is 9. The minimum absolute atomic E-state index is 0.367. The first-order valence-corrected chi connectivity index (χ1v) is 12.6. The quantitative estimate of drug-likeness (QED) is 0.329. The number of hydrogen-bond acceptors (Lipinski definition) is 8. The molecule has 9 nitrogen and oxygen atoms in total. The average Bonchev–Trinajstić information content (AvgIpc) is 3.07. The molecule has 2 fully saturated rings. The molecule has 9 heteroatoms. The lowest BCUT2D eigenvalue weighted by Crippen LogP contribution is -2.39. The summed E-state index contributed by atoms with van der Waals surface area (Å²) < 4.78 is 2.15. The van der Waals surface area contributed by atoms with Gasteiger partial charge in [0.2, 0.25) is 5.95 Å². The van der Waals surface area contributed by atoms with Crippen LogP contribution in [0.4, 0.5) is 17.5 Å². The predicted molar refractivity (Wildman–Crippen MR) is 135 cm³/mol. The molecule has 1 saturated carbocycles. The average molecular weight is 465 g/mol. The summed E-state index contributed by atoms with van der Waals surface area (Å²) in [4.78, 5) is 18.6. The molecule has 5 rings (SSSR count). The molecule has 0 amide bonds. The van der Waals surface area contributed by atoms with E-state index in [4.69, 9.17) is 4.98 Å². The van der Waals surface area contributed by atoms with Gasteiger partial charge in [0, 0.05) is 44.0 Å². The van der Waals surface area contributed by atoms with E-state index in [1.165, 1.54) is 6.42 Å². The number of likely N-dealkylation sites (N-methyl/N-ethyl adjacent to an activating group) is 1. The van der Waals surface area contributed by atoms with Gasteiger partial charge in [0.05, 0.1) is 11.9 Å². The van der Waals surface area contributed by atoms with Gasteiger partial charge in [0.15, 0.2) is 0 Å². The minimum Gasteiger partial charge on any atom is -0.378 e. The molecular formula is C25H36N8O. The Morgan fingerprint density at radius 2 is 1.97 bits per heavy atom. The van der Waals surface area contributed by atoms with Crippen molar-refractivity contribution in [1.29, 1.82) is 0 Å². The van der Waals surface area contributed by atoms with Gasteiger partial charge in [-0.2, -0.15) is 4.98 Å². The van der Waals surface area contributed by atoms with E-state index in [9.17, 15) is 5.11 Å². The molecule has 0 unspecified atom stereocenters. The first-order valence-electron chi connectivity index (χ1n) is 12.6. The second-order valence-electron chi connectivity index (χ2n) is 9.60. The van der Waals surface area contributed by atoms with Crippen LogP contribution in [0, 0.1) is 5.92 Å². The molecule has 1 aliphatic carbocycles. The molecule has 3 aromatic rings. The Balaban J connectivity index is 1.18. The van der Waals surface area contributed by atoms with Gasteiger partial charge in [-0.25, -0.2) is 9.97 Å². The molecule has 182 valence electrons. The number of fused-ring (bicyclic) bond motifs is 1. The zero-order chi connectivity index (χ0) is 23.3. The van der Waals surface area contributed by atoms with Crippen LogP contribution in [0.2, 0.25) is 0 Å². The number of aliphatic hydroxyl groups is 1. The lowest BCUT2D eigenvalue weighted by molar-refractivity contribution is 0.0350. The van der Waals surface area contributed by atoms with Gasteiger partial charge in [-0.15, -0.1) is 0 Å². The number of hydrogen-bond donors (Lipinski definition) is 3. The predicted octanol–water partition coefficient (Wildman–Crippen LogP) is 2.81. The first kappa shape index (κ1) is 23.0. The monoisotopic (exact) mass is 464 g/mol. The number of aliphatic hydroxyl groups excluding tert-OH is 1. The number of nitrogens with zero attached hydrogens (tertiary/aromatic N) is 6. The van der Waals surface area contributed by atoms with Gasteiger partial charge in [-0.05, 0) is 69.9 Å². The Kier molecular flexibility index (Phi) is 7.22. The number of aromatic nitrogens is 4. The number of nitrogens with one attached hydrogen (secondary N) is 2. The van der Waals surface area contributed by atoms with Crippen LogP contribution in [0.25, 0.3) is 11.0 Å². The highest BCUT2D eigenvalue weighted by Gasteiger charge is 2.24. The lowest BCUT2D eigenvalue weighted by Gasteiger charge is -2.30. The maximum Gasteiger partial charge on any atom is 0.229 e. The van der Waals surface area contributed by atoms with Gasteiger partial charge >= 0.3 is 0 Å². The summed E-state index contributed by atoms with van der Waals surface area (Å²) >= 11 is 0. The molecule has 0 spiro atoms. The third-order valence-corrected chi connectivity index (χ3v) is 7.08. The normalized spacial score (nSPS) is 18.6. The van der Waals surface area contributed by atoms with Gasteiger partial charge < -0.3 is 24.8 Å². The summed E-state index contributed by atoms with van der Waals surface area (Å²) in [6, 6.07) is 6.16. The highest BCUT2D eigenvalue weighted by molar-refractivity contribution is 5.76. The van der Waals surface area contributed by atoms with E-state index in [0.29, 0.717) is 11.9 Å². The van der Waals surface area contributed by atoms with E-state index in [0.717, 1.165) is 87.5 Å². The Morgan fingerprint density at radius 3 is 2.76 bits per heavy atom. The van der Waals surface area contributed by atoms with Crippen molar-refractivity contribution in [2.75, 3.05) is 50.0 Å². The van der Waals surface area contributed by atoms with Crippen LogP contribution in [-0.2, 0) is 6.54 Å². The van der Waals surface area contributed by atoms with Crippen LogP contribution in [0.3, 0.4) is 0 Å². The maximum atomic E-state index is 10.1. The fraction of sp³-hybridized carbons (Fsp3) is 0.560. The molecule has 2 aliphatic rings. The van der Waals surface area contributed by atoms with Crippen molar-refractivity contribution in [1.82, 2.24) is 29.7 Å². The maximum absolute atomic E-state index is 10.1. The van der Waals surface area contributed by atoms with E-state index in [2.05, 4.69) is 54.3 Å². The summed E-state index contributed by atoms with van der Waals surface area (Å²) in [7, 11) is 2.18. The van der Waals surface area contributed by atoms with Crippen molar-refractivity contribution < 1.29 is 5.11 Å². The highest BCUT2D eigenvalue weighted by Crippen LogP contribution is 2.28. The SMILES string of the molecule is CN1CCCN(c2ccc(Nc3ncc4ccn(CCCN[C@@H](O)C5CCC5)c4n3)cn2)CC1. The van der Waals surface area contributed by atoms with Gasteiger partial charge in [0.25, 0.3) is 0 Å². The third-order valence-electron chi connectivity index (χ3n) is 7.08. The minimum atomic E-state index is -0.367. The number of pyridine rings is 1. The van der Waals surface area contributed by atoms with E-state index in [-0.39, 0.29) is 6.23 Å². The molecule has 0 radical (unpaired) electrons. The van der Waals surface area contributed by atoms with Crippen LogP contribution in [0.5, 0.6) is 0 Å². The Bertz CT molecular complexity index is 1060. The van der Waals surface area contributed by atoms with Crippen molar-refractivity contribution in [2.24, 2.45) is 5.92 Å². The van der Waals surface area contributed by atoms with Crippen LogP contribution in [0.15, 0.2) is 36.8 Å². The van der Waals surface area contributed by atoms with Gasteiger partial charge in [-0.1, -0.05) is 6.42 Å². The van der Waals surface area contributed by atoms with Crippen molar-refractivity contribution in [3.8, 4) is 0 Å². The zero-order valence-electron chi connectivity index (χ0n) is 20.0. The van der Waals surface area contributed by atoms with Crippen molar-refractivity contribution >= 4 is 28.5 Å². The van der Waals surface area contributed by atoms with Crippen LogP contribution in [0.1, 0.15) is 32.1 Å². The molecule has 1 atom stereocenters. The van der Waals surface area contributed by atoms with Crippen LogP contribution in [-0.4, -0.2) is 75.5 Å². The summed E-state index contributed by atoms with van der Waals surface area (Å²) in [6.45, 7) is 5.87. The zero-order valence-corrected chi connectivity index (χ0v) is 20.0. The van der Waals surface area contributed by atoms with Gasteiger partial charge in [0.1, 0.15) is 17.7 Å². The number of anilines is 3. The molecule has 3 aromatic heterocycles. The molecule has 0 bridgehead atoms. The van der Waals surface area contributed by atoms with Crippen molar-refractivity contribution in [3.05, 3.63) is 36.8 Å². The highest BCUT2D eigenvalue weighted by atomic mass is 16.3. The molecule has 4 heterocycles. The summed E-state index contributed by atoms with van der Waals surface area (Å²) in [5.74, 6) is 2.02. The largest absolute Gasteiger partial charge is 0.378 e. The smallest absolute Gasteiger partial charge is 0.229 e. The standard InChI is InChI=1S/C25H36N8O/c1-31-11-4-13-32(16-15-31)22-8-7-21(18-27-22)29-25-28-17-20-9-14-33(23(20)30-25)12-3-10-26-24(34)19-5-2-6-19/h7-9,14,17-19,24,26,34H,2-6,10-13,15-16H2,1H3,(H,28,29,30)/t24-/m0/s1. The van der Waals surface area contributed by atoms with E-state index >= 15 is 0 Å². The van der Waals surface area contributed by atoms with Crippen LogP contribution < -0.4 is 15.5 Å². The first-order chi connectivity index (χ1) is 16.7. The fourth-order valence-corrected chi connectivity index (χ4v) is 4.68. The summed E-state index contributed by atoms with van der Waals surface area (Å²) in [5.41, 5.74) is 1.79. The molecule has 1 saturated heterocycles. The fourth-order valence-electron chi connectivity index (χ4n) is 4.68. The Hall–Kier alpha value is -2.75. The molecule has 0 aromatic carbocycles. The summed E-state index contributed by atoms with van der Waals surface area (Å²) in [6.07, 6.45) is 11.0. The van der Waals surface area contributed by atoms with Crippen molar-refractivity contribution in [3.63, 3.8) is 0 Å². The van der Waals surface area contributed by atoms with Crippen LogP contribution >= 0.6 is 0 Å². The second kappa shape index (κ2) is 10.7. The Labute approximate surface area is 201 Å². The lowest BCUT2D eigenvalue weighted by atomic mass is 9.84. The van der Waals surface area contributed by atoms with E-state index in [1.54, 1.807) is 0 Å². The third kappa shape index (κ3) is 5.48. The van der Waals surface area contributed by atoms with Gasteiger partial charge in [-0.3, -0.25) is 5.32 Å². The molecule has 1 aliphatic heterocycles. The molecule has 34 heavy (non-hydrogen) atoms. The topological polar surface area (TPSA) is 94.4 Å². The molecule has 3 N–H and O–H groups in total. The molecular weight excluding hydrogens is 428 g/mol. The van der Waals surface area contributed by atoms with E-state index < -0.39 is 0 Å². The van der Waals surface area contributed by atoms with Crippen molar-refractivity contribution in [2.45, 2.75) is 44.9 Å². The second-order valence-corrected chi connectivity index (χ2v) is 9.60. The Morgan fingerprint density at radius 1 is 1.06 bits per heavy atom.